The first-order chi connectivity index (χ1) is 10.7. The minimum absolute atomic E-state index is 0.0394. The molecule has 7 atom stereocenters. The molecule has 0 unspecified atom stereocenters. The molecule has 0 amide bonds. The number of carboxylic acid groups (broad SMARTS) is 1. The number of carboxylic acids is 1. The Labute approximate surface area is 148 Å². The Morgan fingerprint density at radius 2 is 2.22 bits per heavy atom. The molecular formula is C17H19IO5. The van der Waals surface area contributed by atoms with Crippen LogP contribution < -0.4 is 0 Å². The van der Waals surface area contributed by atoms with E-state index in [2.05, 4.69) is 29.2 Å². The Balaban J connectivity index is 1.98. The molecule has 0 radical (unpaired) electrons. The molecule has 0 aromatic heterocycles. The Kier molecular flexibility index (Phi) is 2.98. The van der Waals surface area contributed by atoms with Gasteiger partial charge >= 0.3 is 11.9 Å². The van der Waals surface area contributed by atoms with Crippen molar-refractivity contribution in [1.29, 1.82) is 0 Å². The average molecular weight is 430 g/mol. The maximum atomic E-state index is 12.2. The van der Waals surface area contributed by atoms with Crippen LogP contribution in [0.15, 0.2) is 22.3 Å². The smallest absolute Gasteiger partial charge is 0.315 e. The third-order valence-electron chi connectivity index (χ3n) is 6.69. The molecule has 2 aliphatic carbocycles. The molecule has 124 valence electrons. The van der Waals surface area contributed by atoms with Crippen molar-refractivity contribution in [2.75, 3.05) is 0 Å². The van der Waals surface area contributed by atoms with Crippen molar-refractivity contribution in [1.82, 2.24) is 0 Å². The lowest BCUT2D eigenvalue weighted by Crippen LogP contribution is -2.61. The van der Waals surface area contributed by atoms with E-state index in [1.54, 1.807) is 6.08 Å². The Bertz CT molecular complexity index is 672. The van der Waals surface area contributed by atoms with Crippen LogP contribution >= 0.6 is 22.6 Å². The molecule has 0 aromatic carbocycles. The lowest BCUT2D eigenvalue weighted by Gasteiger charge is -2.54. The van der Waals surface area contributed by atoms with E-state index in [0.717, 1.165) is 16.4 Å². The minimum Gasteiger partial charge on any atom is -0.481 e. The van der Waals surface area contributed by atoms with E-state index in [1.807, 2.05) is 19.9 Å². The summed E-state index contributed by atoms with van der Waals surface area (Å²) in [7, 11) is 0. The highest BCUT2D eigenvalue weighted by atomic mass is 127. The lowest BCUT2D eigenvalue weighted by molar-refractivity contribution is -0.200. The molecule has 2 bridgehead atoms. The summed E-state index contributed by atoms with van der Waals surface area (Å²) in [6.45, 7) is 7.83. The van der Waals surface area contributed by atoms with Gasteiger partial charge in [-0.1, -0.05) is 26.0 Å². The molecule has 2 saturated heterocycles. The van der Waals surface area contributed by atoms with Crippen LogP contribution in [-0.4, -0.2) is 28.9 Å². The summed E-state index contributed by atoms with van der Waals surface area (Å²) in [4.78, 5) is 24.4. The van der Waals surface area contributed by atoms with Crippen LogP contribution in [0.3, 0.4) is 0 Å². The van der Waals surface area contributed by atoms with Crippen LogP contribution in [0.2, 0.25) is 0 Å². The Morgan fingerprint density at radius 3 is 2.83 bits per heavy atom. The van der Waals surface area contributed by atoms with Gasteiger partial charge in [-0.2, -0.15) is 0 Å². The summed E-state index contributed by atoms with van der Waals surface area (Å²) in [5.74, 6) is -2.27. The van der Waals surface area contributed by atoms with Gasteiger partial charge in [-0.05, 0) is 35.4 Å². The van der Waals surface area contributed by atoms with Crippen molar-refractivity contribution in [2.24, 2.45) is 28.6 Å². The van der Waals surface area contributed by atoms with Crippen molar-refractivity contribution < 1.29 is 24.2 Å². The molecule has 3 fully saturated rings. The predicted octanol–water partition coefficient (Wildman–Crippen LogP) is 2.90. The first-order valence-corrected chi connectivity index (χ1v) is 8.92. The summed E-state index contributed by atoms with van der Waals surface area (Å²) >= 11 is 2.16. The van der Waals surface area contributed by atoms with Crippen LogP contribution in [0.1, 0.15) is 26.7 Å². The summed E-state index contributed by atoms with van der Waals surface area (Å²) in [6, 6.07) is 0. The molecule has 2 heterocycles. The molecule has 23 heavy (non-hydrogen) atoms. The second-order valence-corrected chi connectivity index (χ2v) is 8.77. The number of aliphatic carboxylic acids is 1. The maximum absolute atomic E-state index is 12.2. The molecular weight excluding hydrogens is 411 g/mol. The van der Waals surface area contributed by atoms with Gasteiger partial charge in [0.2, 0.25) is 6.29 Å². The number of hydrogen-bond acceptors (Lipinski definition) is 4. The van der Waals surface area contributed by atoms with Crippen molar-refractivity contribution in [3.63, 3.8) is 0 Å². The normalized spacial score (nSPS) is 53.3. The molecule has 0 aromatic rings. The summed E-state index contributed by atoms with van der Waals surface area (Å²) < 4.78 is 12.6. The molecule has 1 saturated carbocycles. The first kappa shape index (κ1) is 15.6. The second kappa shape index (κ2) is 4.39. The van der Waals surface area contributed by atoms with Gasteiger partial charge in [0.25, 0.3) is 0 Å². The number of esters is 1. The number of allylic oxidation sites excluding steroid dienone is 1. The Morgan fingerprint density at radius 1 is 1.52 bits per heavy atom. The van der Waals surface area contributed by atoms with Gasteiger partial charge in [-0.25, -0.2) is 0 Å². The van der Waals surface area contributed by atoms with Crippen molar-refractivity contribution >= 4 is 34.5 Å². The standard InChI is InChI=1S/C17H19IO5/c1-4-15(2)6-5-9-16(3)8-7-10(18)17(9,11(15)12(19)20)23-14(16)22-13(8)21/h4,7-9,11,14H,1,5-6H2,2-3H3,(H,19,20)/t8-,9+,11+,14-,15-,16+,17+/m1/s1. The monoisotopic (exact) mass is 430 g/mol. The average Bonchev–Trinajstić information content (AvgIpc) is 2.82. The zero-order valence-corrected chi connectivity index (χ0v) is 15.2. The van der Waals surface area contributed by atoms with Crippen LogP contribution in [0.4, 0.5) is 0 Å². The highest BCUT2D eigenvalue weighted by Crippen LogP contribution is 2.72. The van der Waals surface area contributed by atoms with E-state index >= 15 is 0 Å². The summed E-state index contributed by atoms with van der Waals surface area (Å²) in [5, 5.41) is 10.0. The molecule has 5 nitrogen and oxygen atoms in total. The number of ether oxygens (including phenoxy) is 2. The van der Waals surface area contributed by atoms with Gasteiger partial charge in [0.1, 0.15) is 5.60 Å². The van der Waals surface area contributed by atoms with Gasteiger partial charge in [0.15, 0.2) is 0 Å². The number of rotatable bonds is 2. The number of carbonyl (C=O) groups is 2. The van der Waals surface area contributed by atoms with Crippen LogP contribution in [-0.2, 0) is 19.1 Å². The molecule has 4 aliphatic rings. The van der Waals surface area contributed by atoms with Gasteiger partial charge in [0, 0.05) is 14.9 Å². The minimum atomic E-state index is -0.926. The van der Waals surface area contributed by atoms with E-state index in [9.17, 15) is 14.7 Å². The predicted molar refractivity (Wildman–Crippen MR) is 89.5 cm³/mol. The molecule has 0 spiro atoms. The quantitative estimate of drug-likeness (QED) is 0.415. The van der Waals surface area contributed by atoms with Crippen LogP contribution in [0.25, 0.3) is 0 Å². The largest absolute Gasteiger partial charge is 0.481 e. The zero-order valence-electron chi connectivity index (χ0n) is 13.0. The second-order valence-electron chi connectivity index (χ2n) is 7.61. The van der Waals surface area contributed by atoms with Gasteiger partial charge in [-0.15, -0.1) is 6.58 Å². The van der Waals surface area contributed by atoms with Crippen molar-refractivity contribution in [3.05, 3.63) is 22.3 Å². The molecule has 6 heteroatoms. The SMILES string of the molecule is C=C[C@]1(C)CC[C@@H]2[C@@]3(O[C@H]4OC(=O)[C@@H](C=C3I)[C@]42C)[C@H]1C(=O)O. The van der Waals surface area contributed by atoms with Gasteiger partial charge in [0.05, 0.1) is 17.3 Å². The van der Waals surface area contributed by atoms with E-state index in [4.69, 9.17) is 9.47 Å². The van der Waals surface area contributed by atoms with Gasteiger partial charge in [-0.3, -0.25) is 9.59 Å². The first-order valence-electron chi connectivity index (χ1n) is 7.84. The Hall–Kier alpha value is -0.890. The third kappa shape index (κ3) is 1.52. The summed E-state index contributed by atoms with van der Waals surface area (Å²) in [6.07, 6.45) is 4.47. The number of halogens is 1. The van der Waals surface area contributed by atoms with Crippen LogP contribution in [0, 0.1) is 28.6 Å². The molecule has 4 rings (SSSR count). The van der Waals surface area contributed by atoms with E-state index in [-0.39, 0.29) is 17.8 Å². The van der Waals surface area contributed by atoms with Crippen molar-refractivity contribution in [2.45, 2.75) is 38.6 Å². The molecule has 1 N–H and O–H groups in total. The highest BCUT2D eigenvalue weighted by molar-refractivity contribution is 14.1. The molecule has 2 aliphatic heterocycles. The van der Waals surface area contributed by atoms with E-state index in [1.165, 1.54) is 0 Å². The lowest BCUT2D eigenvalue weighted by atomic mass is 9.49. The van der Waals surface area contributed by atoms with Crippen molar-refractivity contribution in [3.8, 4) is 0 Å². The number of carbonyl (C=O) groups excluding carboxylic acids is 1. The highest BCUT2D eigenvalue weighted by Gasteiger charge is 2.78. The number of hydrogen-bond donors (Lipinski definition) is 1. The summed E-state index contributed by atoms with van der Waals surface area (Å²) in [5.41, 5.74) is -1.97. The maximum Gasteiger partial charge on any atom is 0.315 e. The fourth-order valence-corrected chi connectivity index (χ4v) is 6.59. The topological polar surface area (TPSA) is 72.8 Å². The fourth-order valence-electron chi connectivity index (χ4n) is 5.41. The fraction of sp³-hybridized carbons (Fsp3) is 0.647. The van der Waals surface area contributed by atoms with E-state index in [0.29, 0.717) is 0 Å². The third-order valence-corrected chi connectivity index (χ3v) is 7.89. The zero-order chi connectivity index (χ0) is 16.8. The van der Waals surface area contributed by atoms with Gasteiger partial charge < -0.3 is 14.6 Å². The van der Waals surface area contributed by atoms with Crippen LogP contribution in [0.5, 0.6) is 0 Å². The van der Waals surface area contributed by atoms with E-state index < -0.39 is 34.6 Å².